The summed E-state index contributed by atoms with van der Waals surface area (Å²) in [5, 5.41) is 10.2. The fourth-order valence-electron chi connectivity index (χ4n) is 3.44. The number of ether oxygens (including phenoxy) is 1. The average Bonchev–Trinajstić information content (AvgIpc) is 2.90. The number of carbonyl (C=O) groups is 2. The third-order valence-corrected chi connectivity index (χ3v) is 4.52. The number of amides is 1. The van der Waals surface area contributed by atoms with E-state index in [1.807, 2.05) is 42.5 Å². The first-order chi connectivity index (χ1) is 12.2. The van der Waals surface area contributed by atoms with Gasteiger partial charge in [-0.2, -0.15) is 0 Å². The van der Waals surface area contributed by atoms with Crippen LogP contribution in [0.15, 0.2) is 54.6 Å². The SMILES string of the molecule is CC(C)(C)OC(=O)N1Cc2ccccc2[C@@]1(Cc1ccccc1)C(=O)O. The molecule has 0 bridgehead atoms. The number of aliphatic carboxylic acids is 1. The second-order valence-electron chi connectivity index (χ2n) is 7.55. The molecule has 0 radical (unpaired) electrons. The van der Waals surface area contributed by atoms with Crippen molar-refractivity contribution in [3.63, 3.8) is 0 Å². The molecule has 2 aromatic carbocycles. The molecular formula is C21H23NO4. The van der Waals surface area contributed by atoms with Gasteiger partial charge in [0.1, 0.15) is 5.60 Å². The first-order valence-electron chi connectivity index (χ1n) is 8.60. The molecule has 0 saturated carbocycles. The van der Waals surface area contributed by atoms with Crippen molar-refractivity contribution in [1.82, 2.24) is 4.90 Å². The van der Waals surface area contributed by atoms with Crippen LogP contribution >= 0.6 is 0 Å². The molecule has 3 rings (SSSR count). The highest BCUT2D eigenvalue weighted by Gasteiger charge is 2.54. The van der Waals surface area contributed by atoms with Crippen LogP contribution in [0.4, 0.5) is 4.79 Å². The standard InChI is InChI=1S/C21H23NO4/c1-20(2,3)26-19(25)22-14-16-11-7-8-12-17(16)21(22,18(23)24)13-15-9-5-4-6-10-15/h4-12H,13-14H2,1-3H3,(H,23,24)/t21-/m0/s1. The molecule has 1 atom stereocenters. The van der Waals surface area contributed by atoms with Crippen LogP contribution in [-0.4, -0.2) is 27.7 Å². The van der Waals surface area contributed by atoms with Crippen LogP contribution in [0.5, 0.6) is 0 Å². The van der Waals surface area contributed by atoms with Gasteiger partial charge in [-0.15, -0.1) is 0 Å². The Morgan fingerprint density at radius 2 is 1.69 bits per heavy atom. The Morgan fingerprint density at radius 3 is 2.31 bits per heavy atom. The van der Waals surface area contributed by atoms with Crippen LogP contribution in [0.1, 0.15) is 37.5 Å². The maximum absolute atomic E-state index is 12.9. The van der Waals surface area contributed by atoms with Gasteiger partial charge in [0.05, 0.1) is 6.54 Å². The summed E-state index contributed by atoms with van der Waals surface area (Å²) in [5.74, 6) is -1.06. The van der Waals surface area contributed by atoms with Gasteiger partial charge in [-0.3, -0.25) is 4.90 Å². The van der Waals surface area contributed by atoms with Crippen molar-refractivity contribution in [1.29, 1.82) is 0 Å². The molecule has 0 spiro atoms. The van der Waals surface area contributed by atoms with E-state index < -0.39 is 23.2 Å². The van der Waals surface area contributed by atoms with Crippen molar-refractivity contribution < 1.29 is 19.4 Å². The third kappa shape index (κ3) is 3.17. The molecule has 1 amide bonds. The van der Waals surface area contributed by atoms with Gasteiger partial charge < -0.3 is 9.84 Å². The summed E-state index contributed by atoms with van der Waals surface area (Å²) >= 11 is 0. The summed E-state index contributed by atoms with van der Waals surface area (Å²) < 4.78 is 5.52. The van der Waals surface area contributed by atoms with Crippen molar-refractivity contribution in [2.45, 2.75) is 44.9 Å². The van der Waals surface area contributed by atoms with E-state index in [0.717, 1.165) is 11.1 Å². The molecule has 1 heterocycles. The molecule has 5 nitrogen and oxygen atoms in total. The number of benzene rings is 2. The van der Waals surface area contributed by atoms with Crippen LogP contribution in [0, 0.1) is 0 Å². The Bertz CT molecular complexity index is 825. The van der Waals surface area contributed by atoms with E-state index in [4.69, 9.17) is 4.74 Å². The lowest BCUT2D eigenvalue weighted by Gasteiger charge is -2.36. The normalized spacial score (nSPS) is 19.1. The minimum atomic E-state index is -1.49. The fourth-order valence-corrected chi connectivity index (χ4v) is 3.44. The van der Waals surface area contributed by atoms with Gasteiger partial charge in [0.15, 0.2) is 5.54 Å². The Labute approximate surface area is 153 Å². The minimum absolute atomic E-state index is 0.180. The molecule has 136 valence electrons. The Hall–Kier alpha value is -2.82. The zero-order valence-electron chi connectivity index (χ0n) is 15.2. The Kier molecular flexibility index (Phi) is 4.48. The number of carbonyl (C=O) groups excluding carboxylic acids is 1. The van der Waals surface area contributed by atoms with E-state index in [2.05, 4.69) is 0 Å². The summed E-state index contributed by atoms with van der Waals surface area (Å²) in [7, 11) is 0. The molecule has 1 N–H and O–H groups in total. The van der Waals surface area contributed by atoms with Gasteiger partial charge in [0.25, 0.3) is 0 Å². The molecule has 0 fully saturated rings. The van der Waals surface area contributed by atoms with Gasteiger partial charge in [0, 0.05) is 6.42 Å². The largest absolute Gasteiger partial charge is 0.479 e. The number of hydrogen-bond donors (Lipinski definition) is 1. The molecule has 26 heavy (non-hydrogen) atoms. The maximum Gasteiger partial charge on any atom is 0.411 e. The van der Waals surface area contributed by atoms with Crippen LogP contribution in [-0.2, 0) is 28.0 Å². The second-order valence-corrected chi connectivity index (χ2v) is 7.55. The molecule has 1 aliphatic rings. The number of rotatable bonds is 3. The highest BCUT2D eigenvalue weighted by Crippen LogP contribution is 2.43. The molecule has 2 aromatic rings. The summed E-state index contributed by atoms with van der Waals surface area (Å²) in [5.41, 5.74) is 0.127. The van der Waals surface area contributed by atoms with E-state index in [9.17, 15) is 14.7 Å². The number of hydrogen-bond acceptors (Lipinski definition) is 3. The second kappa shape index (κ2) is 6.48. The Balaban J connectivity index is 2.11. The van der Waals surface area contributed by atoms with Crippen molar-refractivity contribution in [3.8, 4) is 0 Å². The zero-order chi connectivity index (χ0) is 18.9. The van der Waals surface area contributed by atoms with Crippen LogP contribution in [0.3, 0.4) is 0 Å². The van der Waals surface area contributed by atoms with E-state index in [-0.39, 0.29) is 13.0 Å². The lowest BCUT2D eigenvalue weighted by atomic mass is 9.83. The van der Waals surface area contributed by atoms with E-state index in [1.165, 1.54) is 4.90 Å². The Morgan fingerprint density at radius 1 is 1.08 bits per heavy atom. The molecule has 0 aliphatic carbocycles. The van der Waals surface area contributed by atoms with Gasteiger partial charge >= 0.3 is 12.1 Å². The zero-order valence-corrected chi connectivity index (χ0v) is 15.2. The maximum atomic E-state index is 12.9. The number of carboxylic acids is 1. The molecule has 5 heteroatoms. The van der Waals surface area contributed by atoms with Crippen molar-refractivity contribution in [3.05, 3.63) is 71.3 Å². The third-order valence-electron chi connectivity index (χ3n) is 4.52. The smallest absolute Gasteiger partial charge is 0.411 e. The van der Waals surface area contributed by atoms with Crippen molar-refractivity contribution in [2.75, 3.05) is 0 Å². The van der Waals surface area contributed by atoms with Crippen LogP contribution in [0.2, 0.25) is 0 Å². The summed E-state index contributed by atoms with van der Waals surface area (Å²) in [6.45, 7) is 5.53. The lowest BCUT2D eigenvalue weighted by molar-refractivity contribution is -0.151. The van der Waals surface area contributed by atoms with Crippen LogP contribution < -0.4 is 0 Å². The number of nitrogens with zero attached hydrogens (tertiary/aromatic N) is 1. The van der Waals surface area contributed by atoms with E-state index in [0.29, 0.717) is 5.56 Å². The molecule has 0 unspecified atom stereocenters. The predicted octanol–water partition coefficient (Wildman–Crippen LogP) is 3.96. The molecule has 0 aromatic heterocycles. The quantitative estimate of drug-likeness (QED) is 0.907. The summed E-state index contributed by atoms with van der Waals surface area (Å²) in [6, 6.07) is 16.7. The number of carboxylic acid groups (broad SMARTS) is 1. The predicted molar refractivity (Wildman–Crippen MR) is 97.7 cm³/mol. The van der Waals surface area contributed by atoms with Gasteiger partial charge in [0.2, 0.25) is 0 Å². The van der Waals surface area contributed by atoms with Gasteiger partial charge in [-0.05, 0) is 37.5 Å². The molecule has 1 aliphatic heterocycles. The fraction of sp³-hybridized carbons (Fsp3) is 0.333. The highest BCUT2D eigenvalue weighted by molar-refractivity contribution is 5.88. The first kappa shape index (κ1) is 18.0. The van der Waals surface area contributed by atoms with E-state index >= 15 is 0 Å². The van der Waals surface area contributed by atoms with E-state index in [1.54, 1.807) is 32.9 Å². The van der Waals surface area contributed by atoms with Crippen molar-refractivity contribution in [2.24, 2.45) is 0 Å². The van der Waals surface area contributed by atoms with Gasteiger partial charge in [-0.25, -0.2) is 9.59 Å². The first-order valence-corrected chi connectivity index (χ1v) is 8.60. The van der Waals surface area contributed by atoms with Crippen molar-refractivity contribution >= 4 is 12.1 Å². The number of fused-ring (bicyclic) bond motifs is 1. The monoisotopic (exact) mass is 353 g/mol. The minimum Gasteiger partial charge on any atom is -0.479 e. The van der Waals surface area contributed by atoms with Crippen LogP contribution in [0.25, 0.3) is 0 Å². The van der Waals surface area contributed by atoms with Gasteiger partial charge in [-0.1, -0.05) is 54.6 Å². The summed E-state index contributed by atoms with van der Waals surface area (Å²) in [4.78, 5) is 26.7. The molecular weight excluding hydrogens is 330 g/mol. The summed E-state index contributed by atoms with van der Waals surface area (Å²) in [6.07, 6.45) is -0.439. The molecule has 0 saturated heterocycles. The topological polar surface area (TPSA) is 66.8 Å². The highest BCUT2D eigenvalue weighted by atomic mass is 16.6. The lowest BCUT2D eigenvalue weighted by Crippen LogP contribution is -2.53. The average molecular weight is 353 g/mol.